The molecule has 2 aliphatic heterocycles. The van der Waals surface area contributed by atoms with Crippen molar-refractivity contribution in [2.24, 2.45) is 5.92 Å². The second kappa shape index (κ2) is 6.05. The van der Waals surface area contributed by atoms with E-state index < -0.39 is 11.6 Å². The highest BCUT2D eigenvalue weighted by atomic mass is 16.5. The summed E-state index contributed by atoms with van der Waals surface area (Å²) < 4.78 is 11.2. The van der Waals surface area contributed by atoms with Crippen LogP contribution in [0.1, 0.15) is 24.8 Å². The Hall–Kier alpha value is -3.02. The molecule has 2 amide bonds. The van der Waals surface area contributed by atoms with Crippen molar-refractivity contribution in [3.05, 3.63) is 54.1 Å². The van der Waals surface area contributed by atoms with Crippen molar-refractivity contribution in [1.82, 2.24) is 5.32 Å². The van der Waals surface area contributed by atoms with Gasteiger partial charge in [0.15, 0.2) is 5.72 Å². The molecule has 0 radical (unpaired) electrons. The Kier molecular flexibility index (Phi) is 3.83. The lowest BCUT2D eigenvalue weighted by molar-refractivity contribution is -0.145. The highest BCUT2D eigenvalue weighted by molar-refractivity contribution is 6.08. The molecule has 26 heavy (non-hydrogen) atoms. The van der Waals surface area contributed by atoms with Crippen molar-refractivity contribution >= 4 is 17.5 Å². The van der Waals surface area contributed by atoms with Crippen LogP contribution in [0.2, 0.25) is 0 Å². The van der Waals surface area contributed by atoms with E-state index in [9.17, 15) is 9.59 Å². The highest BCUT2D eigenvalue weighted by Crippen LogP contribution is 2.46. The van der Waals surface area contributed by atoms with Gasteiger partial charge in [0.05, 0.1) is 12.8 Å². The van der Waals surface area contributed by atoms with Crippen molar-refractivity contribution < 1.29 is 19.1 Å². The molecule has 0 unspecified atom stereocenters. The molecule has 1 saturated heterocycles. The number of hydrogen-bond acceptors (Lipinski definition) is 4. The van der Waals surface area contributed by atoms with E-state index in [1.165, 1.54) is 0 Å². The van der Waals surface area contributed by atoms with E-state index in [2.05, 4.69) is 10.6 Å². The first kappa shape index (κ1) is 16.4. The molecular weight excluding hydrogens is 332 g/mol. The van der Waals surface area contributed by atoms with Crippen LogP contribution in [0.5, 0.6) is 11.5 Å². The number of methoxy groups -OCH3 is 1. The van der Waals surface area contributed by atoms with E-state index in [0.29, 0.717) is 23.6 Å². The molecule has 6 heteroatoms. The summed E-state index contributed by atoms with van der Waals surface area (Å²) in [5.74, 6) is -0.497. The Labute approximate surface area is 151 Å². The van der Waals surface area contributed by atoms with Gasteiger partial charge < -0.3 is 20.1 Å². The summed E-state index contributed by atoms with van der Waals surface area (Å²) >= 11 is 0. The molecule has 2 aromatic rings. The molecule has 3 atom stereocenters. The number of nitrogens with one attached hydrogen (secondary N) is 2. The molecule has 4 rings (SSSR count). The first-order valence-electron chi connectivity index (χ1n) is 8.54. The SMILES string of the molecule is COc1ccccc1NC(=O)[C@@H]1C(=O)N[C@@]2(C)C[C@@H]1c1ccccc1O2. The van der Waals surface area contributed by atoms with Crippen LogP contribution in [-0.2, 0) is 9.59 Å². The van der Waals surface area contributed by atoms with Gasteiger partial charge in [-0.1, -0.05) is 30.3 Å². The van der Waals surface area contributed by atoms with Gasteiger partial charge in [0.1, 0.15) is 17.4 Å². The number of benzene rings is 2. The summed E-state index contributed by atoms with van der Waals surface area (Å²) in [5, 5.41) is 5.70. The van der Waals surface area contributed by atoms with Gasteiger partial charge >= 0.3 is 0 Å². The number of carbonyl (C=O) groups excluding carboxylic acids is 2. The first-order chi connectivity index (χ1) is 12.5. The minimum absolute atomic E-state index is 0.242. The normalized spacial score (nSPS) is 26.2. The number of para-hydroxylation sites is 3. The van der Waals surface area contributed by atoms with Gasteiger partial charge in [-0.2, -0.15) is 0 Å². The Morgan fingerprint density at radius 3 is 2.77 bits per heavy atom. The Morgan fingerprint density at radius 1 is 1.23 bits per heavy atom. The highest BCUT2D eigenvalue weighted by Gasteiger charge is 2.51. The Morgan fingerprint density at radius 2 is 1.96 bits per heavy atom. The summed E-state index contributed by atoms with van der Waals surface area (Å²) in [5.41, 5.74) is 0.638. The monoisotopic (exact) mass is 352 g/mol. The van der Waals surface area contributed by atoms with Crippen LogP contribution in [0.3, 0.4) is 0 Å². The number of ether oxygens (including phenoxy) is 2. The van der Waals surface area contributed by atoms with Crippen LogP contribution in [0.25, 0.3) is 0 Å². The number of amides is 2. The van der Waals surface area contributed by atoms with Gasteiger partial charge in [-0.25, -0.2) is 0 Å². The lowest BCUT2D eigenvalue weighted by Gasteiger charge is -2.46. The molecule has 134 valence electrons. The molecule has 2 aromatic carbocycles. The van der Waals surface area contributed by atoms with Crippen molar-refractivity contribution in [3.8, 4) is 11.5 Å². The molecule has 0 aliphatic carbocycles. The number of hydrogen-bond donors (Lipinski definition) is 2. The van der Waals surface area contributed by atoms with Crippen LogP contribution in [0, 0.1) is 5.92 Å². The Balaban J connectivity index is 1.68. The van der Waals surface area contributed by atoms with Gasteiger partial charge in [-0.05, 0) is 30.7 Å². The van der Waals surface area contributed by atoms with Gasteiger partial charge in [-0.15, -0.1) is 0 Å². The van der Waals surface area contributed by atoms with Gasteiger partial charge in [0, 0.05) is 12.3 Å². The maximum Gasteiger partial charge on any atom is 0.237 e. The van der Waals surface area contributed by atoms with Gasteiger partial charge in [0.25, 0.3) is 0 Å². The zero-order valence-corrected chi connectivity index (χ0v) is 14.6. The maximum absolute atomic E-state index is 13.0. The molecule has 2 N–H and O–H groups in total. The predicted octanol–water partition coefficient (Wildman–Crippen LogP) is 2.66. The standard InChI is InChI=1S/C20H20N2O4/c1-20-11-13(12-7-3-5-9-15(12)26-20)17(19(24)22-20)18(23)21-14-8-4-6-10-16(14)25-2/h3-10,13,17H,11H2,1-2H3,(H,21,23)(H,22,24)/t13-,17-,20-/m1/s1. The molecule has 2 bridgehead atoms. The van der Waals surface area contributed by atoms with E-state index in [4.69, 9.17) is 9.47 Å². The van der Waals surface area contributed by atoms with E-state index >= 15 is 0 Å². The number of fused-ring (bicyclic) bond motifs is 4. The third-order valence-electron chi connectivity index (χ3n) is 4.98. The van der Waals surface area contributed by atoms with Crippen LogP contribution in [0.15, 0.2) is 48.5 Å². The fourth-order valence-electron chi connectivity index (χ4n) is 3.85. The van der Waals surface area contributed by atoms with Crippen molar-refractivity contribution in [2.45, 2.75) is 25.0 Å². The van der Waals surface area contributed by atoms with E-state index in [1.54, 1.807) is 25.3 Å². The summed E-state index contributed by atoms with van der Waals surface area (Å²) in [7, 11) is 1.54. The summed E-state index contributed by atoms with van der Waals surface area (Å²) in [6, 6.07) is 14.7. The summed E-state index contributed by atoms with van der Waals surface area (Å²) in [6.45, 7) is 1.84. The third-order valence-corrected chi connectivity index (χ3v) is 4.98. The van der Waals surface area contributed by atoms with Gasteiger partial charge in [-0.3, -0.25) is 9.59 Å². The van der Waals surface area contributed by atoms with Crippen LogP contribution < -0.4 is 20.1 Å². The van der Waals surface area contributed by atoms with Crippen LogP contribution in [0.4, 0.5) is 5.69 Å². The molecule has 2 aliphatic rings. The minimum Gasteiger partial charge on any atom is -0.495 e. The number of carbonyl (C=O) groups is 2. The Bertz CT molecular complexity index is 882. The minimum atomic E-state index is -0.835. The second-order valence-corrected chi connectivity index (χ2v) is 6.84. The summed E-state index contributed by atoms with van der Waals surface area (Å²) in [4.78, 5) is 25.7. The quantitative estimate of drug-likeness (QED) is 0.833. The molecule has 1 fully saturated rings. The number of rotatable bonds is 3. The average molecular weight is 352 g/mol. The van der Waals surface area contributed by atoms with E-state index in [-0.39, 0.29) is 17.7 Å². The smallest absolute Gasteiger partial charge is 0.237 e. The molecule has 0 aromatic heterocycles. The zero-order valence-electron chi connectivity index (χ0n) is 14.6. The fraction of sp³-hybridized carbons (Fsp3) is 0.300. The average Bonchev–Trinajstić information content (AvgIpc) is 2.61. The second-order valence-electron chi connectivity index (χ2n) is 6.84. The molecular formula is C20H20N2O4. The van der Waals surface area contributed by atoms with Crippen molar-refractivity contribution in [1.29, 1.82) is 0 Å². The molecule has 0 saturated carbocycles. The van der Waals surface area contributed by atoms with Crippen molar-refractivity contribution in [3.63, 3.8) is 0 Å². The largest absolute Gasteiger partial charge is 0.495 e. The fourth-order valence-corrected chi connectivity index (χ4v) is 3.85. The molecule has 0 spiro atoms. The van der Waals surface area contributed by atoms with Gasteiger partial charge in [0.2, 0.25) is 11.8 Å². The van der Waals surface area contributed by atoms with Crippen LogP contribution in [-0.4, -0.2) is 24.6 Å². The van der Waals surface area contributed by atoms with Crippen molar-refractivity contribution in [2.75, 3.05) is 12.4 Å². The molecule has 2 heterocycles. The molecule has 6 nitrogen and oxygen atoms in total. The predicted molar refractivity (Wildman–Crippen MR) is 96.1 cm³/mol. The first-order valence-corrected chi connectivity index (χ1v) is 8.54. The van der Waals surface area contributed by atoms with Crippen LogP contribution >= 0.6 is 0 Å². The topological polar surface area (TPSA) is 76.7 Å². The number of piperidine rings is 1. The zero-order chi connectivity index (χ0) is 18.3. The maximum atomic E-state index is 13.0. The summed E-state index contributed by atoms with van der Waals surface area (Å²) in [6.07, 6.45) is 0.541. The third kappa shape index (κ3) is 2.67. The van der Waals surface area contributed by atoms with E-state index in [0.717, 1.165) is 5.56 Å². The number of anilines is 1. The van der Waals surface area contributed by atoms with E-state index in [1.807, 2.05) is 37.3 Å². The lowest BCUT2D eigenvalue weighted by atomic mass is 9.74. The lowest BCUT2D eigenvalue weighted by Crippen LogP contribution is -2.62.